The molecule has 3 rings (SSSR count). The van der Waals surface area contributed by atoms with E-state index in [9.17, 15) is 27.9 Å². The van der Waals surface area contributed by atoms with Crippen LogP contribution in [-0.2, 0) is 23.9 Å². The molecule has 12 heteroatoms. The van der Waals surface area contributed by atoms with Crippen LogP contribution in [0.2, 0.25) is 0 Å². The van der Waals surface area contributed by atoms with Crippen LogP contribution < -0.4 is 15.5 Å². The maximum absolute atomic E-state index is 13.3. The van der Waals surface area contributed by atoms with Crippen LogP contribution in [0.3, 0.4) is 0 Å². The number of aldehydes is 1. The van der Waals surface area contributed by atoms with E-state index in [1.165, 1.54) is 12.0 Å². The molecule has 0 saturated heterocycles. The molecule has 1 aliphatic heterocycles. The zero-order valence-electron chi connectivity index (χ0n) is 17.2. The van der Waals surface area contributed by atoms with Gasteiger partial charge in [-0.2, -0.15) is 13.2 Å². The van der Waals surface area contributed by atoms with Gasteiger partial charge in [0.1, 0.15) is 17.3 Å². The maximum atomic E-state index is 13.3. The number of pyridine rings is 2. The topological polar surface area (TPSA) is 117 Å². The Labute approximate surface area is 181 Å². The van der Waals surface area contributed by atoms with Crippen LogP contribution in [0.25, 0.3) is 0 Å². The molecule has 3 N–H and O–H groups in total. The van der Waals surface area contributed by atoms with Crippen LogP contribution in [0.15, 0.2) is 18.3 Å². The molecule has 32 heavy (non-hydrogen) atoms. The normalized spacial score (nSPS) is 13.5. The Balaban J connectivity index is 1.86. The minimum Gasteiger partial charge on any atom is -0.392 e. The summed E-state index contributed by atoms with van der Waals surface area (Å²) in [6.07, 6.45) is -2.28. The quantitative estimate of drug-likeness (QED) is 0.436. The number of carbonyl (C=O) groups is 2. The molecule has 0 atom stereocenters. The molecular formula is C20H22F3N5O4. The first-order chi connectivity index (χ1) is 15.3. The summed E-state index contributed by atoms with van der Waals surface area (Å²) in [6.45, 7) is 0.242. The second-order valence-electron chi connectivity index (χ2n) is 7.01. The molecule has 0 radical (unpaired) electrons. The van der Waals surface area contributed by atoms with Crippen molar-refractivity contribution >= 4 is 29.6 Å². The minimum atomic E-state index is -4.63. The molecule has 0 unspecified atom stereocenters. The summed E-state index contributed by atoms with van der Waals surface area (Å²) >= 11 is 0. The summed E-state index contributed by atoms with van der Waals surface area (Å²) in [5, 5.41) is 14.5. The number of aliphatic hydroxyl groups excluding tert-OH is 1. The first kappa shape index (κ1) is 23.4. The number of hydrogen-bond acceptors (Lipinski definition) is 7. The maximum Gasteiger partial charge on any atom is 0.419 e. The van der Waals surface area contributed by atoms with Crippen molar-refractivity contribution in [1.29, 1.82) is 0 Å². The minimum absolute atomic E-state index is 0.0169. The van der Waals surface area contributed by atoms with Gasteiger partial charge in [0.15, 0.2) is 6.29 Å². The smallest absolute Gasteiger partial charge is 0.392 e. The molecule has 0 bridgehead atoms. The highest BCUT2D eigenvalue weighted by atomic mass is 19.4. The summed E-state index contributed by atoms with van der Waals surface area (Å²) in [4.78, 5) is 33.4. The van der Waals surface area contributed by atoms with E-state index >= 15 is 0 Å². The van der Waals surface area contributed by atoms with E-state index in [2.05, 4.69) is 20.6 Å². The highest BCUT2D eigenvalue weighted by Crippen LogP contribution is 2.35. The fraction of sp³-hybridized carbons (Fsp3) is 0.400. The lowest BCUT2D eigenvalue weighted by Gasteiger charge is -2.29. The van der Waals surface area contributed by atoms with Gasteiger partial charge in [0.25, 0.3) is 0 Å². The van der Waals surface area contributed by atoms with Crippen LogP contribution in [0, 0.1) is 0 Å². The molecule has 2 amide bonds. The van der Waals surface area contributed by atoms with Gasteiger partial charge < -0.3 is 15.2 Å². The molecule has 9 nitrogen and oxygen atoms in total. The second-order valence-corrected chi connectivity index (χ2v) is 7.01. The van der Waals surface area contributed by atoms with Crippen molar-refractivity contribution in [3.05, 3.63) is 40.7 Å². The lowest BCUT2D eigenvalue weighted by molar-refractivity contribution is -0.137. The number of urea groups is 1. The number of alkyl halides is 3. The van der Waals surface area contributed by atoms with Crippen molar-refractivity contribution in [2.24, 2.45) is 0 Å². The van der Waals surface area contributed by atoms with E-state index in [-0.39, 0.29) is 42.8 Å². The van der Waals surface area contributed by atoms with Gasteiger partial charge in [-0.3, -0.25) is 15.0 Å². The average molecular weight is 453 g/mol. The number of nitrogens with one attached hydrogen (secondary N) is 2. The zero-order valence-corrected chi connectivity index (χ0v) is 17.2. The van der Waals surface area contributed by atoms with Crippen molar-refractivity contribution in [3.8, 4) is 0 Å². The number of nitrogens with zero attached hydrogens (tertiary/aromatic N) is 3. The fourth-order valence-corrected chi connectivity index (χ4v) is 3.34. The third-order valence-corrected chi connectivity index (χ3v) is 4.87. The first-order valence-electron chi connectivity index (χ1n) is 9.76. The van der Waals surface area contributed by atoms with Crippen LogP contribution in [0.1, 0.15) is 33.6 Å². The molecule has 0 aliphatic carbocycles. The van der Waals surface area contributed by atoms with Gasteiger partial charge in [-0.15, -0.1) is 0 Å². The fourth-order valence-electron chi connectivity index (χ4n) is 3.34. The monoisotopic (exact) mass is 453 g/mol. The molecule has 3 heterocycles. The number of methoxy groups -OCH3 is 1. The molecule has 0 aromatic carbocycles. The molecule has 2 aromatic rings. The second kappa shape index (κ2) is 9.92. The number of ether oxygens (including phenoxy) is 1. The number of aromatic nitrogens is 2. The van der Waals surface area contributed by atoms with Crippen LogP contribution in [0.5, 0.6) is 0 Å². The Morgan fingerprint density at radius 1 is 1.38 bits per heavy atom. The van der Waals surface area contributed by atoms with Crippen LogP contribution in [-0.4, -0.2) is 54.2 Å². The lowest BCUT2D eigenvalue weighted by Crippen LogP contribution is -2.40. The summed E-state index contributed by atoms with van der Waals surface area (Å²) in [6, 6.07) is 2.07. The Bertz CT molecular complexity index is 1000. The van der Waals surface area contributed by atoms with E-state index in [1.807, 2.05) is 0 Å². The van der Waals surface area contributed by atoms with Crippen molar-refractivity contribution in [3.63, 3.8) is 0 Å². The van der Waals surface area contributed by atoms with Gasteiger partial charge in [0.2, 0.25) is 0 Å². The standard InChI is InChI=1S/C20H22F3N5O4/c1-32-6-4-24-15-8-17(25-9-14(15)20(21,22)23)27-19(31)28-5-2-3-12-7-13(10-29)16(11-30)26-18(12)28/h7-9,11,29H,2-6,10H2,1H3,(H2,24,25,27,31). The highest BCUT2D eigenvalue weighted by Gasteiger charge is 2.34. The van der Waals surface area contributed by atoms with Crippen molar-refractivity contribution < 1.29 is 32.6 Å². The number of rotatable bonds is 7. The Morgan fingerprint density at radius 3 is 2.81 bits per heavy atom. The number of fused-ring (bicyclic) bond motifs is 1. The van der Waals surface area contributed by atoms with Gasteiger partial charge >= 0.3 is 12.2 Å². The van der Waals surface area contributed by atoms with E-state index < -0.39 is 17.8 Å². The molecule has 172 valence electrons. The Hall–Kier alpha value is -3.25. The molecule has 0 spiro atoms. The largest absolute Gasteiger partial charge is 0.419 e. The molecule has 1 aliphatic rings. The number of hydrogen-bond donors (Lipinski definition) is 3. The van der Waals surface area contributed by atoms with Crippen molar-refractivity contribution in [2.75, 3.05) is 42.3 Å². The van der Waals surface area contributed by atoms with E-state index in [4.69, 9.17) is 4.74 Å². The van der Waals surface area contributed by atoms with E-state index in [1.54, 1.807) is 6.07 Å². The van der Waals surface area contributed by atoms with Crippen LogP contribution in [0.4, 0.5) is 35.3 Å². The van der Waals surface area contributed by atoms with E-state index in [0.717, 1.165) is 6.07 Å². The number of carbonyl (C=O) groups excluding carboxylic acids is 2. The zero-order chi connectivity index (χ0) is 23.3. The number of aryl methyl sites for hydroxylation is 1. The molecule has 2 aromatic heterocycles. The number of amides is 2. The molecule has 0 fully saturated rings. The molecule has 0 saturated carbocycles. The Morgan fingerprint density at radius 2 is 2.16 bits per heavy atom. The number of anilines is 3. The highest BCUT2D eigenvalue weighted by molar-refractivity contribution is 6.01. The van der Waals surface area contributed by atoms with Gasteiger partial charge in [-0.25, -0.2) is 14.8 Å². The third-order valence-electron chi connectivity index (χ3n) is 4.87. The predicted molar refractivity (Wildman–Crippen MR) is 110 cm³/mol. The summed E-state index contributed by atoms with van der Waals surface area (Å²) in [5.41, 5.74) is -0.152. The summed E-state index contributed by atoms with van der Waals surface area (Å²) in [7, 11) is 1.43. The van der Waals surface area contributed by atoms with E-state index in [0.29, 0.717) is 43.0 Å². The predicted octanol–water partition coefficient (Wildman–Crippen LogP) is 2.84. The van der Waals surface area contributed by atoms with Gasteiger partial charge in [0.05, 0.1) is 24.5 Å². The van der Waals surface area contributed by atoms with Gasteiger partial charge in [-0.1, -0.05) is 0 Å². The van der Waals surface area contributed by atoms with Gasteiger partial charge in [0, 0.05) is 38.0 Å². The van der Waals surface area contributed by atoms with Gasteiger partial charge in [-0.05, 0) is 24.5 Å². The Kier molecular flexibility index (Phi) is 7.26. The van der Waals surface area contributed by atoms with Crippen molar-refractivity contribution in [1.82, 2.24) is 9.97 Å². The SMILES string of the molecule is COCCNc1cc(NC(=O)N2CCCc3cc(CO)c(C=O)nc32)ncc1C(F)(F)F. The average Bonchev–Trinajstić information content (AvgIpc) is 2.77. The first-order valence-corrected chi connectivity index (χ1v) is 9.76. The van der Waals surface area contributed by atoms with Crippen LogP contribution >= 0.6 is 0 Å². The number of halogens is 3. The number of aliphatic hydroxyl groups is 1. The molecular weight excluding hydrogens is 431 g/mol. The third kappa shape index (κ3) is 5.14. The lowest BCUT2D eigenvalue weighted by atomic mass is 10.0. The van der Waals surface area contributed by atoms with Crippen molar-refractivity contribution in [2.45, 2.75) is 25.6 Å². The summed E-state index contributed by atoms with van der Waals surface area (Å²) in [5.74, 6) is 0.177. The summed E-state index contributed by atoms with van der Waals surface area (Å²) < 4.78 is 44.7.